The van der Waals surface area contributed by atoms with E-state index in [-0.39, 0.29) is 36.5 Å². The van der Waals surface area contributed by atoms with Gasteiger partial charge >= 0.3 is 12.1 Å². The molecule has 2 aromatic carbocycles. The number of hydrogen-bond donors (Lipinski definition) is 3. The summed E-state index contributed by atoms with van der Waals surface area (Å²) in [6, 6.07) is 11.5. The third-order valence-electron chi connectivity index (χ3n) is 4.30. The van der Waals surface area contributed by atoms with Crippen LogP contribution in [0.3, 0.4) is 0 Å². The van der Waals surface area contributed by atoms with Crippen LogP contribution in [0.2, 0.25) is 0 Å². The Hall–Kier alpha value is -3.11. The van der Waals surface area contributed by atoms with Gasteiger partial charge < -0.3 is 19.3 Å². The number of carbonyl (C=O) groups is 3. The van der Waals surface area contributed by atoms with Crippen LogP contribution in [0, 0.1) is 5.82 Å². The summed E-state index contributed by atoms with van der Waals surface area (Å²) in [5.41, 5.74) is 0.429. The molecule has 0 saturated carbocycles. The summed E-state index contributed by atoms with van der Waals surface area (Å²) in [5.74, 6) is -2.82. The molecule has 2 N–H and O–H groups in total. The Labute approximate surface area is 190 Å². The summed E-state index contributed by atoms with van der Waals surface area (Å²) < 4.78 is 30.1. The van der Waals surface area contributed by atoms with Crippen molar-refractivity contribution in [2.24, 2.45) is 0 Å². The average molecular weight is 465 g/mol. The number of amides is 2. The molecule has 8 nitrogen and oxygen atoms in total. The first-order chi connectivity index (χ1) is 15.3. The highest BCUT2D eigenvalue weighted by molar-refractivity contribution is 7.81. The van der Waals surface area contributed by atoms with Gasteiger partial charge in [-0.3, -0.25) is 14.9 Å². The molecule has 0 radical (unpaired) electrons. The van der Waals surface area contributed by atoms with E-state index in [4.69, 9.17) is 14.2 Å². The van der Waals surface area contributed by atoms with Crippen molar-refractivity contribution < 1.29 is 38.1 Å². The van der Waals surface area contributed by atoms with E-state index in [1.54, 1.807) is 25.1 Å². The standard InChI is InChI=1S/C22H24FNO7S/c1-2-29-18(10-11-30-19(26)13-32)20(15-8-9-17(25)16(23)12-15)31-22(28)24-21(27)14-6-4-3-5-7-14/h3-9,12,18,20,25,32H,2,10-11,13H2,1H3,(H,24,27,28)/t18-,20-/m0/s1. The molecule has 0 aliphatic rings. The Balaban J connectivity index is 2.21. The molecule has 0 fully saturated rings. The molecule has 172 valence electrons. The average Bonchev–Trinajstić information content (AvgIpc) is 2.79. The van der Waals surface area contributed by atoms with Crippen LogP contribution in [0.4, 0.5) is 9.18 Å². The van der Waals surface area contributed by atoms with Gasteiger partial charge in [-0.05, 0) is 36.8 Å². The number of benzene rings is 2. The van der Waals surface area contributed by atoms with Crippen molar-refractivity contribution >= 4 is 30.6 Å². The fourth-order valence-electron chi connectivity index (χ4n) is 2.83. The minimum Gasteiger partial charge on any atom is -0.505 e. The van der Waals surface area contributed by atoms with Crippen molar-refractivity contribution in [2.75, 3.05) is 19.0 Å². The predicted octanol–water partition coefficient (Wildman–Crippen LogP) is 3.41. The molecule has 0 saturated heterocycles. The number of nitrogens with one attached hydrogen (secondary N) is 1. The summed E-state index contributed by atoms with van der Waals surface area (Å²) in [4.78, 5) is 36.1. The smallest absolute Gasteiger partial charge is 0.414 e. The van der Waals surface area contributed by atoms with Crippen molar-refractivity contribution in [3.8, 4) is 5.75 Å². The van der Waals surface area contributed by atoms with E-state index in [2.05, 4.69) is 17.9 Å². The van der Waals surface area contributed by atoms with E-state index >= 15 is 0 Å². The number of phenolic OH excluding ortho intramolecular Hbond substituents is 1. The van der Waals surface area contributed by atoms with Gasteiger partial charge in [0, 0.05) is 18.6 Å². The van der Waals surface area contributed by atoms with Gasteiger partial charge in [0.25, 0.3) is 5.91 Å². The topological polar surface area (TPSA) is 111 Å². The highest BCUT2D eigenvalue weighted by Crippen LogP contribution is 2.29. The molecule has 2 aromatic rings. The third kappa shape index (κ3) is 7.54. The second kappa shape index (κ2) is 12.7. The maximum atomic E-state index is 14.0. The maximum Gasteiger partial charge on any atom is 0.414 e. The monoisotopic (exact) mass is 465 g/mol. The molecule has 0 heterocycles. The van der Waals surface area contributed by atoms with Gasteiger partial charge in [0.05, 0.1) is 12.4 Å². The van der Waals surface area contributed by atoms with Crippen molar-refractivity contribution in [1.29, 1.82) is 0 Å². The quantitative estimate of drug-likeness (QED) is 0.364. The van der Waals surface area contributed by atoms with Gasteiger partial charge in [-0.1, -0.05) is 24.3 Å². The molecular weight excluding hydrogens is 441 g/mol. The van der Waals surface area contributed by atoms with E-state index < -0.39 is 41.7 Å². The van der Waals surface area contributed by atoms with E-state index in [1.807, 2.05) is 0 Å². The minimum absolute atomic E-state index is 0.0605. The molecule has 32 heavy (non-hydrogen) atoms. The number of phenols is 1. The van der Waals surface area contributed by atoms with Crippen LogP contribution in [-0.2, 0) is 19.0 Å². The fourth-order valence-corrected chi connectivity index (χ4v) is 2.92. The molecule has 0 aliphatic carbocycles. The van der Waals surface area contributed by atoms with Crippen molar-refractivity contribution in [3.05, 3.63) is 65.5 Å². The SMILES string of the molecule is CCO[C@@H](CCOC(=O)CS)[C@@H](OC(=O)NC(=O)c1ccccc1)c1ccc(O)c(F)c1. The molecule has 0 bridgehead atoms. The number of thiol groups is 1. The van der Waals surface area contributed by atoms with E-state index in [1.165, 1.54) is 18.2 Å². The highest BCUT2D eigenvalue weighted by atomic mass is 32.1. The molecular formula is C22H24FNO7S. The zero-order valence-corrected chi connectivity index (χ0v) is 18.2. The van der Waals surface area contributed by atoms with E-state index in [0.717, 1.165) is 12.1 Å². The summed E-state index contributed by atoms with van der Waals surface area (Å²) >= 11 is 3.83. The lowest BCUT2D eigenvalue weighted by Crippen LogP contribution is -2.36. The van der Waals surface area contributed by atoms with Crippen LogP contribution >= 0.6 is 12.6 Å². The van der Waals surface area contributed by atoms with Crippen LogP contribution < -0.4 is 5.32 Å². The minimum atomic E-state index is -1.16. The normalized spacial score (nSPS) is 12.5. The fraction of sp³-hybridized carbons (Fsp3) is 0.318. The summed E-state index contributed by atoms with van der Waals surface area (Å²) in [7, 11) is 0. The Morgan fingerprint density at radius 3 is 2.50 bits per heavy atom. The molecule has 0 spiro atoms. The number of hydrogen-bond acceptors (Lipinski definition) is 8. The Kier molecular flexibility index (Phi) is 9.96. The molecule has 0 aromatic heterocycles. The van der Waals surface area contributed by atoms with Crippen molar-refractivity contribution in [2.45, 2.75) is 25.6 Å². The number of alkyl carbamates (subject to hydrolysis) is 1. The zero-order valence-electron chi connectivity index (χ0n) is 17.3. The molecule has 0 aliphatic heterocycles. The van der Waals surface area contributed by atoms with Crippen LogP contribution in [0.1, 0.15) is 35.4 Å². The number of rotatable bonds is 10. The second-order valence-electron chi connectivity index (χ2n) is 6.52. The number of halogens is 1. The lowest BCUT2D eigenvalue weighted by molar-refractivity contribution is -0.142. The number of carbonyl (C=O) groups excluding carboxylic acids is 3. The summed E-state index contributed by atoms with van der Waals surface area (Å²) in [6.45, 7) is 1.87. The van der Waals surface area contributed by atoms with Gasteiger partial charge in [0.15, 0.2) is 17.7 Å². The lowest BCUT2D eigenvalue weighted by atomic mass is 10.0. The highest BCUT2D eigenvalue weighted by Gasteiger charge is 2.29. The van der Waals surface area contributed by atoms with Crippen LogP contribution in [-0.4, -0.2) is 48.1 Å². The molecule has 10 heteroatoms. The first kappa shape index (κ1) is 25.2. The van der Waals surface area contributed by atoms with Crippen LogP contribution in [0.25, 0.3) is 0 Å². The van der Waals surface area contributed by atoms with Gasteiger partial charge in [-0.25, -0.2) is 9.18 Å². The van der Waals surface area contributed by atoms with E-state index in [0.29, 0.717) is 0 Å². The molecule has 2 atom stereocenters. The second-order valence-corrected chi connectivity index (χ2v) is 6.83. The first-order valence-electron chi connectivity index (χ1n) is 9.79. The third-order valence-corrected chi connectivity index (χ3v) is 4.56. The predicted molar refractivity (Wildman–Crippen MR) is 116 cm³/mol. The van der Waals surface area contributed by atoms with Gasteiger partial charge in [0.2, 0.25) is 0 Å². The Morgan fingerprint density at radius 1 is 1.16 bits per heavy atom. The molecule has 0 unspecified atom stereocenters. The van der Waals surface area contributed by atoms with Crippen LogP contribution in [0.15, 0.2) is 48.5 Å². The molecule has 2 rings (SSSR count). The Morgan fingerprint density at radius 2 is 1.88 bits per heavy atom. The number of esters is 1. The number of aromatic hydroxyl groups is 1. The lowest BCUT2D eigenvalue weighted by Gasteiger charge is -2.27. The van der Waals surface area contributed by atoms with Crippen molar-refractivity contribution in [3.63, 3.8) is 0 Å². The van der Waals surface area contributed by atoms with E-state index in [9.17, 15) is 23.9 Å². The van der Waals surface area contributed by atoms with Gasteiger partial charge in [-0.2, -0.15) is 12.6 Å². The van der Waals surface area contributed by atoms with Crippen LogP contribution in [0.5, 0.6) is 5.75 Å². The molecule has 2 amide bonds. The zero-order chi connectivity index (χ0) is 23.5. The summed E-state index contributed by atoms with van der Waals surface area (Å²) in [5, 5.41) is 11.6. The first-order valence-corrected chi connectivity index (χ1v) is 10.4. The Bertz CT molecular complexity index is 926. The maximum absolute atomic E-state index is 14.0. The number of ether oxygens (including phenoxy) is 3. The van der Waals surface area contributed by atoms with Gasteiger partial charge in [0.1, 0.15) is 6.10 Å². The number of imide groups is 1. The largest absolute Gasteiger partial charge is 0.505 e. The van der Waals surface area contributed by atoms with Crippen molar-refractivity contribution in [1.82, 2.24) is 5.32 Å². The van der Waals surface area contributed by atoms with Gasteiger partial charge in [-0.15, -0.1) is 0 Å². The summed E-state index contributed by atoms with van der Waals surface area (Å²) in [6.07, 6.45) is -2.97.